The highest BCUT2D eigenvalue weighted by molar-refractivity contribution is 5.75. The van der Waals surface area contributed by atoms with Gasteiger partial charge in [-0.2, -0.15) is 0 Å². The summed E-state index contributed by atoms with van der Waals surface area (Å²) < 4.78 is 5.21. The highest BCUT2D eigenvalue weighted by Gasteiger charge is 2.13. The molecule has 0 aromatic heterocycles. The molecule has 1 atom stereocenters. The van der Waals surface area contributed by atoms with Crippen LogP contribution in [0.25, 0.3) is 0 Å². The Morgan fingerprint density at radius 2 is 2.07 bits per heavy atom. The van der Waals surface area contributed by atoms with Crippen molar-refractivity contribution in [3.8, 4) is 5.75 Å². The molecule has 0 aliphatic carbocycles. The van der Waals surface area contributed by atoms with Crippen molar-refractivity contribution < 1.29 is 14.6 Å². The van der Waals surface area contributed by atoms with Crippen LogP contribution in [0.3, 0.4) is 0 Å². The maximum absolute atomic E-state index is 10.6. The summed E-state index contributed by atoms with van der Waals surface area (Å²) in [4.78, 5) is 10.6. The number of nitrogens with two attached hydrogens (primary N) is 1. The molecule has 1 aromatic rings. The molecular weight excluding hydrogens is 182 g/mol. The van der Waals surface area contributed by atoms with Gasteiger partial charge in [0, 0.05) is 0 Å². The number of carboxylic acid groups (broad SMARTS) is 1. The van der Waals surface area contributed by atoms with Gasteiger partial charge in [-0.05, 0) is 24.6 Å². The second-order valence-electron chi connectivity index (χ2n) is 2.82. The van der Waals surface area contributed by atoms with E-state index in [0.29, 0.717) is 17.9 Å². The minimum Gasteiger partial charge on any atom is -0.494 e. The van der Waals surface area contributed by atoms with Crippen LogP contribution in [0.1, 0.15) is 18.5 Å². The van der Waals surface area contributed by atoms with Gasteiger partial charge in [-0.3, -0.25) is 4.79 Å². The molecule has 0 bridgehead atoms. The third-order valence-corrected chi connectivity index (χ3v) is 1.82. The van der Waals surface area contributed by atoms with E-state index in [0.717, 1.165) is 0 Å². The lowest BCUT2D eigenvalue weighted by molar-refractivity contribution is -0.138. The van der Waals surface area contributed by atoms with Crippen LogP contribution in [-0.2, 0) is 4.79 Å². The van der Waals surface area contributed by atoms with Crippen LogP contribution in [0, 0.1) is 0 Å². The van der Waals surface area contributed by atoms with Crippen molar-refractivity contribution >= 4 is 5.97 Å². The highest BCUT2D eigenvalue weighted by atomic mass is 16.5. The van der Waals surface area contributed by atoms with E-state index in [1.807, 2.05) is 6.92 Å². The first-order chi connectivity index (χ1) is 6.65. The van der Waals surface area contributed by atoms with Gasteiger partial charge in [0.25, 0.3) is 0 Å². The van der Waals surface area contributed by atoms with E-state index in [-0.39, 0.29) is 0 Å². The Morgan fingerprint density at radius 3 is 2.50 bits per heavy atom. The number of carboxylic acids is 1. The molecule has 0 saturated heterocycles. The van der Waals surface area contributed by atoms with Crippen molar-refractivity contribution in [2.75, 3.05) is 6.61 Å². The fraction of sp³-hybridized carbons (Fsp3) is 0.300. The van der Waals surface area contributed by atoms with E-state index >= 15 is 0 Å². The van der Waals surface area contributed by atoms with Gasteiger partial charge < -0.3 is 15.6 Å². The van der Waals surface area contributed by atoms with Gasteiger partial charge in [-0.1, -0.05) is 12.1 Å². The Morgan fingerprint density at radius 1 is 1.50 bits per heavy atom. The van der Waals surface area contributed by atoms with E-state index < -0.39 is 12.0 Å². The van der Waals surface area contributed by atoms with Gasteiger partial charge in [0.1, 0.15) is 11.8 Å². The first-order valence-corrected chi connectivity index (χ1v) is 4.36. The van der Waals surface area contributed by atoms with Gasteiger partial charge in [-0.25, -0.2) is 0 Å². The van der Waals surface area contributed by atoms with Crippen LogP contribution in [0.2, 0.25) is 0 Å². The van der Waals surface area contributed by atoms with E-state index in [1.165, 1.54) is 0 Å². The van der Waals surface area contributed by atoms with Gasteiger partial charge >= 0.3 is 5.97 Å². The van der Waals surface area contributed by atoms with Crippen molar-refractivity contribution in [3.63, 3.8) is 0 Å². The summed E-state index contributed by atoms with van der Waals surface area (Å²) in [5.74, 6) is -0.317. The Labute approximate surface area is 82.3 Å². The number of ether oxygens (including phenoxy) is 1. The predicted molar refractivity (Wildman–Crippen MR) is 52.2 cm³/mol. The average molecular weight is 195 g/mol. The van der Waals surface area contributed by atoms with Crippen molar-refractivity contribution in [2.24, 2.45) is 5.73 Å². The standard InChI is InChI=1S/C10H13NO3/c1-2-14-8-5-3-7(4-6-8)9(11)10(12)13/h3-6,9H,2,11H2,1H3,(H,12,13). The van der Waals surface area contributed by atoms with Crippen molar-refractivity contribution in [1.82, 2.24) is 0 Å². The summed E-state index contributed by atoms with van der Waals surface area (Å²) in [6, 6.07) is 5.77. The summed E-state index contributed by atoms with van der Waals surface area (Å²) in [5, 5.41) is 8.65. The maximum Gasteiger partial charge on any atom is 0.325 e. The van der Waals surface area contributed by atoms with Crippen LogP contribution in [-0.4, -0.2) is 17.7 Å². The normalized spacial score (nSPS) is 12.1. The van der Waals surface area contributed by atoms with Gasteiger partial charge in [-0.15, -0.1) is 0 Å². The predicted octanol–water partition coefficient (Wildman–Crippen LogP) is 1.17. The third kappa shape index (κ3) is 2.47. The third-order valence-electron chi connectivity index (χ3n) is 1.82. The Bertz CT molecular complexity index is 308. The van der Waals surface area contributed by atoms with Crippen LogP contribution in [0.15, 0.2) is 24.3 Å². The number of hydrogen-bond acceptors (Lipinski definition) is 3. The summed E-state index contributed by atoms with van der Waals surface area (Å²) in [6.07, 6.45) is 0. The monoisotopic (exact) mass is 195 g/mol. The molecule has 0 saturated carbocycles. The molecule has 1 unspecified atom stereocenters. The topological polar surface area (TPSA) is 72.5 Å². The Kier molecular flexibility index (Phi) is 3.48. The van der Waals surface area contributed by atoms with E-state index in [9.17, 15) is 4.79 Å². The fourth-order valence-electron chi connectivity index (χ4n) is 1.08. The first-order valence-electron chi connectivity index (χ1n) is 4.36. The van der Waals surface area contributed by atoms with Crippen LogP contribution in [0.5, 0.6) is 5.75 Å². The summed E-state index contributed by atoms with van der Waals surface area (Å²) in [5.41, 5.74) is 5.99. The molecule has 0 radical (unpaired) electrons. The Hall–Kier alpha value is -1.55. The smallest absolute Gasteiger partial charge is 0.325 e. The van der Waals surface area contributed by atoms with Gasteiger partial charge in [0.15, 0.2) is 0 Å². The fourth-order valence-corrected chi connectivity index (χ4v) is 1.08. The zero-order chi connectivity index (χ0) is 10.6. The second kappa shape index (κ2) is 4.62. The summed E-state index contributed by atoms with van der Waals surface area (Å²) in [6.45, 7) is 2.47. The summed E-state index contributed by atoms with van der Waals surface area (Å²) >= 11 is 0. The lowest BCUT2D eigenvalue weighted by Crippen LogP contribution is -2.20. The summed E-state index contributed by atoms with van der Waals surface area (Å²) in [7, 11) is 0. The molecule has 0 heterocycles. The first kappa shape index (κ1) is 10.5. The van der Waals surface area contributed by atoms with E-state index in [2.05, 4.69) is 0 Å². The molecule has 4 nitrogen and oxygen atoms in total. The van der Waals surface area contributed by atoms with Gasteiger partial charge in [0.2, 0.25) is 0 Å². The van der Waals surface area contributed by atoms with Crippen molar-refractivity contribution in [3.05, 3.63) is 29.8 Å². The molecule has 0 aliphatic heterocycles. The highest BCUT2D eigenvalue weighted by Crippen LogP contribution is 2.16. The van der Waals surface area contributed by atoms with Crippen molar-refractivity contribution in [2.45, 2.75) is 13.0 Å². The van der Waals surface area contributed by atoms with Crippen molar-refractivity contribution in [1.29, 1.82) is 0 Å². The molecule has 0 amide bonds. The zero-order valence-electron chi connectivity index (χ0n) is 7.93. The lowest BCUT2D eigenvalue weighted by atomic mass is 10.1. The molecule has 4 heteroatoms. The zero-order valence-corrected chi connectivity index (χ0v) is 7.93. The number of aliphatic carboxylic acids is 1. The molecule has 14 heavy (non-hydrogen) atoms. The van der Waals surface area contributed by atoms with E-state index in [1.54, 1.807) is 24.3 Å². The number of benzene rings is 1. The van der Waals surface area contributed by atoms with Crippen LogP contribution < -0.4 is 10.5 Å². The van der Waals surface area contributed by atoms with Gasteiger partial charge in [0.05, 0.1) is 6.61 Å². The lowest BCUT2D eigenvalue weighted by Gasteiger charge is -2.07. The van der Waals surface area contributed by atoms with Crippen LogP contribution in [0.4, 0.5) is 0 Å². The van der Waals surface area contributed by atoms with Crippen LogP contribution >= 0.6 is 0 Å². The minimum absolute atomic E-state index is 0.570. The molecule has 0 aliphatic rings. The molecule has 0 spiro atoms. The minimum atomic E-state index is -1.03. The quantitative estimate of drug-likeness (QED) is 0.756. The molecule has 1 rings (SSSR count). The number of rotatable bonds is 4. The average Bonchev–Trinajstić information content (AvgIpc) is 2.18. The number of carbonyl (C=O) groups is 1. The molecule has 3 N–H and O–H groups in total. The Balaban J connectivity index is 2.77. The SMILES string of the molecule is CCOc1ccc(C(N)C(=O)O)cc1. The molecule has 0 fully saturated rings. The molecule has 76 valence electrons. The number of hydrogen-bond donors (Lipinski definition) is 2. The molecule has 1 aromatic carbocycles. The molecular formula is C10H13NO3. The largest absolute Gasteiger partial charge is 0.494 e. The van der Waals surface area contributed by atoms with E-state index in [4.69, 9.17) is 15.6 Å². The second-order valence-corrected chi connectivity index (χ2v) is 2.82. The maximum atomic E-state index is 10.6.